The van der Waals surface area contributed by atoms with Crippen LogP contribution >= 0.6 is 23.5 Å². The summed E-state index contributed by atoms with van der Waals surface area (Å²) in [6.07, 6.45) is 2.66. The van der Waals surface area contributed by atoms with Gasteiger partial charge in [0, 0.05) is 41.5 Å². The molecule has 2 heterocycles. The fraction of sp³-hybridized carbons (Fsp3) is 0.833. The van der Waals surface area contributed by atoms with Crippen LogP contribution in [-0.4, -0.2) is 49.9 Å². The van der Waals surface area contributed by atoms with E-state index < -0.39 is 0 Å². The third-order valence-electron chi connectivity index (χ3n) is 3.15. The maximum absolute atomic E-state index is 4.40. The van der Waals surface area contributed by atoms with Crippen LogP contribution in [0.1, 0.15) is 19.7 Å². The number of likely N-dealkylation sites (N-methyl/N-ethyl adjacent to an activating group) is 1. The van der Waals surface area contributed by atoms with Crippen molar-refractivity contribution in [1.29, 1.82) is 0 Å². The Hall–Kier alpha value is -0.200. The molecule has 0 aliphatic carbocycles. The number of aryl methyl sites for hydroxylation is 1. The lowest BCUT2D eigenvalue weighted by molar-refractivity contribution is 0.491. The third-order valence-corrected chi connectivity index (χ3v) is 6.07. The van der Waals surface area contributed by atoms with Gasteiger partial charge in [-0.15, -0.1) is 0 Å². The Morgan fingerprint density at radius 2 is 2.39 bits per heavy atom. The number of hydrogen-bond acceptors (Lipinski definition) is 5. The van der Waals surface area contributed by atoms with Crippen molar-refractivity contribution < 1.29 is 0 Å². The molecule has 1 N–H and O–H groups in total. The Balaban J connectivity index is 2.00. The van der Waals surface area contributed by atoms with Crippen molar-refractivity contribution in [3.8, 4) is 0 Å². The molecule has 1 fully saturated rings. The largest absolute Gasteiger partial charge is 0.313 e. The van der Waals surface area contributed by atoms with E-state index in [-0.39, 0.29) is 0 Å². The molecular weight excluding hydrogens is 264 g/mol. The van der Waals surface area contributed by atoms with Crippen molar-refractivity contribution in [3.63, 3.8) is 0 Å². The summed E-state index contributed by atoms with van der Waals surface area (Å²) in [5.74, 6) is 4.94. The fourth-order valence-corrected chi connectivity index (χ4v) is 5.13. The predicted octanol–water partition coefficient (Wildman–Crippen LogP) is 1.67. The summed E-state index contributed by atoms with van der Waals surface area (Å²) in [4.78, 5) is 4.40. The summed E-state index contributed by atoms with van der Waals surface area (Å²) in [6, 6.07) is 0.516. The van der Waals surface area contributed by atoms with Crippen LogP contribution in [-0.2, 0) is 13.0 Å². The molecule has 0 spiro atoms. The van der Waals surface area contributed by atoms with E-state index in [4.69, 9.17) is 0 Å². The molecule has 1 aromatic heterocycles. The Morgan fingerprint density at radius 3 is 3.06 bits per heavy atom. The van der Waals surface area contributed by atoms with E-state index in [0.29, 0.717) is 11.3 Å². The maximum Gasteiger partial charge on any atom is 0.138 e. The average Bonchev–Trinajstić information content (AvgIpc) is 2.86. The first-order chi connectivity index (χ1) is 8.85. The van der Waals surface area contributed by atoms with Gasteiger partial charge in [0.15, 0.2) is 0 Å². The van der Waals surface area contributed by atoms with Gasteiger partial charge < -0.3 is 5.32 Å². The first kappa shape index (κ1) is 14.2. The van der Waals surface area contributed by atoms with Crippen molar-refractivity contribution in [2.75, 3.05) is 23.8 Å². The van der Waals surface area contributed by atoms with E-state index in [1.165, 1.54) is 17.3 Å². The molecule has 0 amide bonds. The van der Waals surface area contributed by atoms with Gasteiger partial charge in [-0.25, -0.2) is 4.98 Å². The zero-order chi connectivity index (χ0) is 12.8. The predicted molar refractivity (Wildman–Crippen MR) is 80.4 cm³/mol. The lowest BCUT2D eigenvalue weighted by Crippen LogP contribution is -2.43. The van der Waals surface area contributed by atoms with E-state index in [1.54, 1.807) is 6.33 Å². The van der Waals surface area contributed by atoms with Crippen molar-refractivity contribution in [3.05, 3.63) is 12.2 Å². The summed E-state index contributed by atoms with van der Waals surface area (Å²) >= 11 is 4.18. The Kier molecular flexibility index (Phi) is 5.85. The lowest BCUT2D eigenvalue weighted by atomic mass is 10.1. The fourth-order valence-electron chi connectivity index (χ4n) is 2.24. The molecule has 1 saturated heterocycles. The Morgan fingerprint density at radius 1 is 1.50 bits per heavy atom. The van der Waals surface area contributed by atoms with Crippen molar-refractivity contribution >= 4 is 23.5 Å². The van der Waals surface area contributed by atoms with Crippen molar-refractivity contribution in [2.45, 2.75) is 38.1 Å². The second-order valence-electron chi connectivity index (χ2n) is 4.34. The van der Waals surface area contributed by atoms with Gasteiger partial charge in [-0.2, -0.15) is 28.6 Å². The van der Waals surface area contributed by atoms with E-state index in [9.17, 15) is 0 Å². The number of nitrogens with one attached hydrogen (secondary N) is 1. The first-order valence-electron chi connectivity index (χ1n) is 6.64. The summed E-state index contributed by atoms with van der Waals surface area (Å²) in [7, 11) is 0. The molecule has 4 nitrogen and oxygen atoms in total. The van der Waals surface area contributed by atoms with Crippen LogP contribution < -0.4 is 5.32 Å². The van der Waals surface area contributed by atoms with Gasteiger partial charge in [0.2, 0.25) is 0 Å². The number of nitrogens with zero attached hydrogens (tertiary/aromatic N) is 3. The first-order valence-corrected chi connectivity index (χ1v) is 8.84. The molecule has 6 heteroatoms. The van der Waals surface area contributed by atoms with Gasteiger partial charge in [-0.1, -0.05) is 6.92 Å². The topological polar surface area (TPSA) is 42.7 Å². The molecule has 1 aromatic rings. The van der Waals surface area contributed by atoms with Crippen molar-refractivity contribution in [1.82, 2.24) is 20.1 Å². The Labute approximate surface area is 118 Å². The van der Waals surface area contributed by atoms with E-state index >= 15 is 0 Å². The van der Waals surface area contributed by atoms with Crippen LogP contribution in [0.15, 0.2) is 6.33 Å². The third kappa shape index (κ3) is 3.65. The summed E-state index contributed by atoms with van der Waals surface area (Å²) < 4.78 is 2.00. The van der Waals surface area contributed by atoms with Crippen LogP contribution in [0.4, 0.5) is 0 Å². The van der Waals surface area contributed by atoms with E-state index in [1.807, 2.05) is 4.68 Å². The highest BCUT2D eigenvalue weighted by Gasteiger charge is 2.25. The Bertz CT molecular complexity index is 350. The summed E-state index contributed by atoms with van der Waals surface area (Å²) in [6.45, 7) is 6.22. The molecule has 0 radical (unpaired) electrons. The number of hydrogen-bond donors (Lipinski definition) is 1. The van der Waals surface area contributed by atoms with Gasteiger partial charge >= 0.3 is 0 Å². The minimum atomic E-state index is 0.516. The van der Waals surface area contributed by atoms with Crippen LogP contribution in [0.2, 0.25) is 0 Å². The molecule has 2 rings (SSSR count). The zero-order valence-corrected chi connectivity index (χ0v) is 12.8. The molecule has 0 bridgehead atoms. The zero-order valence-electron chi connectivity index (χ0n) is 11.1. The second kappa shape index (κ2) is 7.40. The molecule has 0 aromatic carbocycles. The van der Waals surface area contributed by atoms with Gasteiger partial charge in [-0.05, 0) is 13.5 Å². The average molecular weight is 286 g/mol. The van der Waals surface area contributed by atoms with Gasteiger partial charge in [0.05, 0.1) is 0 Å². The van der Waals surface area contributed by atoms with Crippen LogP contribution in [0, 0.1) is 0 Å². The quantitative estimate of drug-likeness (QED) is 0.861. The van der Waals surface area contributed by atoms with Gasteiger partial charge in [0.25, 0.3) is 0 Å². The van der Waals surface area contributed by atoms with E-state index in [2.05, 4.69) is 52.8 Å². The number of aromatic nitrogens is 3. The molecule has 2 atom stereocenters. The standard InChI is InChI=1S/C12H22N4S2/c1-3-13-10(11-8-17-5-6-18-11)7-12-14-9-15-16(12)4-2/h9-11,13H,3-8H2,1-2H3. The number of thioether (sulfide) groups is 2. The second-order valence-corrected chi connectivity index (χ2v) is 6.84. The highest BCUT2D eigenvalue weighted by molar-refractivity contribution is 8.06. The SMILES string of the molecule is CCNC(Cc1ncnn1CC)C1CSCCS1. The normalized spacial score (nSPS) is 22.0. The van der Waals surface area contributed by atoms with Gasteiger partial charge in [0.1, 0.15) is 12.2 Å². The molecular formula is C12H22N4S2. The molecule has 18 heavy (non-hydrogen) atoms. The highest BCUT2D eigenvalue weighted by Crippen LogP contribution is 2.27. The number of rotatable bonds is 6. The molecule has 1 aliphatic rings. The van der Waals surface area contributed by atoms with Crippen LogP contribution in [0.5, 0.6) is 0 Å². The summed E-state index contributed by atoms with van der Waals surface area (Å²) in [5.41, 5.74) is 0. The van der Waals surface area contributed by atoms with Crippen LogP contribution in [0.3, 0.4) is 0 Å². The van der Waals surface area contributed by atoms with Gasteiger partial charge in [-0.3, -0.25) is 4.68 Å². The molecule has 1 aliphatic heterocycles. The monoisotopic (exact) mass is 286 g/mol. The molecule has 102 valence electrons. The lowest BCUT2D eigenvalue weighted by Gasteiger charge is -2.29. The minimum absolute atomic E-state index is 0.516. The van der Waals surface area contributed by atoms with Crippen LogP contribution in [0.25, 0.3) is 0 Å². The highest BCUT2D eigenvalue weighted by atomic mass is 32.2. The smallest absolute Gasteiger partial charge is 0.138 e. The maximum atomic E-state index is 4.40. The van der Waals surface area contributed by atoms with E-state index in [0.717, 1.165) is 25.3 Å². The van der Waals surface area contributed by atoms with Crippen molar-refractivity contribution in [2.24, 2.45) is 0 Å². The molecule has 0 saturated carbocycles. The molecule has 2 unspecified atom stereocenters. The summed E-state index contributed by atoms with van der Waals surface area (Å²) in [5, 5.41) is 8.59. The minimum Gasteiger partial charge on any atom is -0.313 e.